The first-order valence-corrected chi connectivity index (χ1v) is 22.9. The number of carbonyl (C=O) groups is 2. The summed E-state index contributed by atoms with van der Waals surface area (Å²) >= 11 is 17.2. The number of unbranched alkanes of at least 4 members (excludes halogenated alkanes) is 18. The van der Waals surface area contributed by atoms with Crippen LogP contribution in [0.1, 0.15) is 176 Å². The van der Waals surface area contributed by atoms with Crippen molar-refractivity contribution in [3.05, 3.63) is 0 Å². The quantitative estimate of drug-likeness (QED) is 0.0401. The van der Waals surface area contributed by atoms with E-state index in [9.17, 15) is 9.59 Å². The van der Waals surface area contributed by atoms with Gasteiger partial charge in [0, 0.05) is 6.42 Å². The van der Waals surface area contributed by atoms with E-state index in [1.54, 1.807) is 23.5 Å². The van der Waals surface area contributed by atoms with E-state index in [4.69, 9.17) is 33.9 Å². The summed E-state index contributed by atoms with van der Waals surface area (Å²) in [7, 11) is 0. The van der Waals surface area contributed by atoms with Crippen LogP contribution in [-0.4, -0.2) is 53.2 Å². The second-order valence-corrected chi connectivity index (χ2v) is 21.3. The Morgan fingerprint density at radius 2 is 0.745 bits per heavy atom. The van der Waals surface area contributed by atoms with Crippen molar-refractivity contribution in [2.75, 3.05) is 24.7 Å². The highest BCUT2D eigenvalue weighted by Gasteiger charge is 2.33. The molecule has 0 aliphatic heterocycles. The van der Waals surface area contributed by atoms with Crippen LogP contribution in [0.25, 0.3) is 0 Å². The Bertz CT molecular complexity index is 768. The first-order valence-electron chi connectivity index (χ1n) is 18.5. The lowest BCUT2D eigenvalue weighted by Gasteiger charge is -2.23. The van der Waals surface area contributed by atoms with E-state index in [0.29, 0.717) is 6.42 Å². The summed E-state index contributed by atoms with van der Waals surface area (Å²) in [4.78, 5) is 25.4. The van der Waals surface area contributed by atoms with Crippen LogP contribution < -0.4 is 0 Å². The lowest BCUT2D eigenvalue weighted by Crippen LogP contribution is -2.32. The van der Waals surface area contributed by atoms with Gasteiger partial charge >= 0.3 is 11.9 Å². The second kappa shape index (κ2) is 31.3. The van der Waals surface area contributed by atoms with Gasteiger partial charge in [-0.2, -0.15) is 0 Å². The standard InChI is InChI=1S/C37H68O4S6/c1-7-9-11-13-15-17-19-21-23-25-30-44-34(42)46-36(3,4)32(38)40-28-27-29-41-33(39)37(5,6)47-35(43)45-31-26-24-22-20-18-16-14-12-10-8-2/h7-31H2,1-6H3. The largest absolute Gasteiger partial charge is 0.465 e. The molecule has 0 saturated heterocycles. The van der Waals surface area contributed by atoms with Crippen LogP contribution >= 0.6 is 71.5 Å². The molecule has 47 heavy (non-hydrogen) atoms. The van der Waals surface area contributed by atoms with Gasteiger partial charge in [0.2, 0.25) is 0 Å². The van der Waals surface area contributed by atoms with E-state index in [-0.39, 0.29) is 25.2 Å². The topological polar surface area (TPSA) is 52.6 Å². The smallest absolute Gasteiger partial charge is 0.322 e. The molecule has 0 aliphatic carbocycles. The number of hydrogen-bond donors (Lipinski definition) is 0. The maximum Gasteiger partial charge on any atom is 0.322 e. The average Bonchev–Trinajstić information content (AvgIpc) is 3.01. The minimum absolute atomic E-state index is 0.204. The van der Waals surface area contributed by atoms with Gasteiger partial charge in [0.05, 0.1) is 13.2 Å². The molecular weight excluding hydrogens is 701 g/mol. The third kappa shape index (κ3) is 28.9. The maximum atomic E-state index is 12.7. The molecule has 10 heteroatoms. The van der Waals surface area contributed by atoms with Crippen LogP contribution in [0.15, 0.2) is 0 Å². The first kappa shape index (κ1) is 47.5. The summed E-state index contributed by atoms with van der Waals surface area (Å²) < 4.78 is 11.1. The highest BCUT2D eigenvalue weighted by atomic mass is 32.2. The molecule has 0 N–H and O–H groups in total. The molecule has 0 radical (unpaired) electrons. The number of thiocarbonyl (C=S) groups is 2. The van der Waals surface area contributed by atoms with Crippen molar-refractivity contribution in [1.29, 1.82) is 0 Å². The fourth-order valence-corrected chi connectivity index (χ4v) is 10.9. The van der Waals surface area contributed by atoms with Crippen molar-refractivity contribution in [1.82, 2.24) is 0 Å². The van der Waals surface area contributed by atoms with Gasteiger partial charge in [-0.3, -0.25) is 9.59 Å². The Kier molecular flexibility index (Phi) is 31.6. The minimum Gasteiger partial charge on any atom is -0.465 e. The summed E-state index contributed by atoms with van der Waals surface area (Å²) in [5, 5.41) is 0. The molecule has 0 rings (SSSR count). The van der Waals surface area contributed by atoms with E-state index in [1.807, 2.05) is 27.7 Å². The van der Waals surface area contributed by atoms with Crippen LogP contribution in [0, 0.1) is 0 Å². The fraction of sp³-hybridized carbons (Fsp3) is 0.892. The molecule has 4 nitrogen and oxygen atoms in total. The van der Waals surface area contributed by atoms with Gasteiger partial charge in [0.15, 0.2) is 0 Å². The van der Waals surface area contributed by atoms with Crippen molar-refractivity contribution in [3.63, 3.8) is 0 Å². The molecule has 0 unspecified atom stereocenters. The summed E-state index contributed by atoms with van der Waals surface area (Å²) in [5.41, 5.74) is 0. The first-order chi connectivity index (χ1) is 22.5. The number of hydrogen-bond acceptors (Lipinski definition) is 10. The third-order valence-corrected chi connectivity index (χ3v) is 13.4. The molecule has 0 aromatic rings. The summed E-state index contributed by atoms with van der Waals surface area (Å²) in [6, 6.07) is 0. The summed E-state index contributed by atoms with van der Waals surface area (Å²) in [6.45, 7) is 12.3. The fourth-order valence-electron chi connectivity index (χ4n) is 4.79. The third-order valence-electron chi connectivity index (χ3n) is 7.85. The van der Waals surface area contributed by atoms with E-state index < -0.39 is 9.49 Å². The molecular formula is C37H68O4S6. The second-order valence-electron chi connectivity index (χ2n) is 13.4. The molecule has 0 fully saturated rings. The van der Waals surface area contributed by atoms with Crippen molar-refractivity contribution in [2.45, 2.75) is 186 Å². The maximum absolute atomic E-state index is 12.7. The molecule has 0 aromatic heterocycles. The van der Waals surface area contributed by atoms with Crippen molar-refractivity contribution < 1.29 is 19.1 Å². The van der Waals surface area contributed by atoms with Crippen LogP contribution in [0.3, 0.4) is 0 Å². The molecule has 0 heterocycles. The highest BCUT2D eigenvalue weighted by molar-refractivity contribution is 8.48. The van der Waals surface area contributed by atoms with E-state index in [0.717, 1.165) is 31.4 Å². The number of carbonyl (C=O) groups excluding carboxylic acids is 2. The Hall–Kier alpha value is 0.520. The Balaban J connectivity index is 3.96. The predicted molar refractivity (Wildman–Crippen MR) is 224 cm³/mol. The lowest BCUT2D eigenvalue weighted by atomic mass is 10.1. The van der Waals surface area contributed by atoms with Crippen LogP contribution in [-0.2, 0) is 19.1 Å². The van der Waals surface area contributed by atoms with Gasteiger partial charge < -0.3 is 9.47 Å². The van der Waals surface area contributed by atoms with Gasteiger partial charge in [-0.15, -0.1) is 23.5 Å². The summed E-state index contributed by atoms with van der Waals surface area (Å²) in [5.74, 6) is 1.40. The van der Waals surface area contributed by atoms with Gasteiger partial charge in [-0.25, -0.2) is 0 Å². The monoisotopic (exact) mass is 768 g/mol. The molecule has 0 aromatic carbocycles. The zero-order valence-electron chi connectivity index (χ0n) is 30.8. The lowest BCUT2D eigenvalue weighted by molar-refractivity contribution is -0.148. The molecule has 0 aliphatic rings. The van der Waals surface area contributed by atoms with Crippen molar-refractivity contribution in [2.24, 2.45) is 0 Å². The van der Waals surface area contributed by atoms with E-state index in [2.05, 4.69) is 13.8 Å². The molecule has 0 amide bonds. The van der Waals surface area contributed by atoms with Crippen LogP contribution in [0.2, 0.25) is 0 Å². The molecule has 0 spiro atoms. The van der Waals surface area contributed by atoms with Gasteiger partial charge in [-0.1, -0.05) is 177 Å². The Morgan fingerprint density at radius 3 is 1.04 bits per heavy atom. The predicted octanol–water partition coefficient (Wildman–Crippen LogP) is 13.4. The SMILES string of the molecule is CCCCCCCCCCCCSC(=S)SC(C)(C)C(=O)OCCCOC(=O)C(C)(C)SC(=S)SCCCCCCCCCCCC. The number of esters is 2. The molecule has 276 valence electrons. The van der Waals surface area contributed by atoms with Crippen LogP contribution in [0.5, 0.6) is 0 Å². The Labute approximate surface area is 318 Å². The number of thioether (sulfide) groups is 4. The zero-order valence-corrected chi connectivity index (χ0v) is 35.7. The Morgan fingerprint density at radius 1 is 0.468 bits per heavy atom. The average molecular weight is 769 g/mol. The van der Waals surface area contributed by atoms with Gasteiger partial charge in [0.1, 0.15) is 16.6 Å². The molecule has 0 saturated carbocycles. The molecule has 0 bridgehead atoms. The van der Waals surface area contributed by atoms with Gasteiger partial charge in [0.25, 0.3) is 0 Å². The molecule has 0 atom stereocenters. The normalized spacial score (nSPS) is 11.9. The van der Waals surface area contributed by atoms with Gasteiger partial charge in [-0.05, 0) is 52.0 Å². The van der Waals surface area contributed by atoms with Crippen molar-refractivity contribution >= 4 is 90.5 Å². The number of ether oxygens (including phenoxy) is 2. The van der Waals surface area contributed by atoms with Crippen LogP contribution in [0.4, 0.5) is 0 Å². The van der Waals surface area contributed by atoms with E-state index >= 15 is 0 Å². The van der Waals surface area contributed by atoms with E-state index in [1.165, 1.54) is 139 Å². The van der Waals surface area contributed by atoms with Crippen molar-refractivity contribution in [3.8, 4) is 0 Å². The number of rotatable bonds is 30. The minimum atomic E-state index is -0.752. The summed E-state index contributed by atoms with van der Waals surface area (Å²) in [6.07, 6.45) is 26.8. The highest BCUT2D eigenvalue weighted by Crippen LogP contribution is 2.34. The zero-order chi connectivity index (χ0) is 35.2.